The van der Waals surface area contributed by atoms with E-state index in [1.165, 1.54) is 0 Å². The highest BCUT2D eigenvalue weighted by molar-refractivity contribution is 8.00. The van der Waals surface area contributed by atoms with Crippen LogP contribution in [-0.2, 0) is 4.79 Å². The molecule has 0 aromatic heterocycles. The molecule has 4 rings (SSSR count). The zero-order chi connectivity index (χ0) is 18.0. The number of alkyl halides is 3. The van der Waals surface area contributed by atoms with Crippen molar-refractivity contribution in [2.45, 2.75) is 24.4 Å². The van der Waals surface area contributed by atoms with E-state index in [2.05, 4.69) is 0 Å². The smallest absolute Gasteiger partial charge is 0.337 e. The summed E-state index contributed by atoms with van der Waals surface area (Å²) in [4.78, 5) is 28.2. The lowest BCUT2D eigenvalue weighted by Gasteiger charge is -2.36. The molecular weight excluding hydrogens is 353 g/mol. The van der Waals surface area contributed by atoms with Crippen molar-refractivity contribution in [2.24, 2.45) is 5.92 Å². The Morgan fingerprint density at radius 2 is 1.80 bits per heavy atom. The van der Waals surface area contributed by atoms with E-state index in [0.29, 0.717) is 25.2 Å². The molecule has 2 amide bonds. The predicted molar refractivity (Wildman–Crippen MR) is 89.1 cm³/mol. The number of rotatable bonds is 3. The van der Waals surface area contributed by atoms with Gasteiger partial charge in [0, 0.05) is 31.2 Å². The van der Waals surface area contributed by atoms with E-state index in [-0.39, 0.29) is 29.6 Å². The van der Waals surface area contributed by atoms with Gasteiger partial charge in [-0.3, -0.25) is 9.59 Å². The molecular formula is C17H19F3N2O2S. The van der Waals surface area contributed by atoms with E-state index in [1.807, 2.05) is 6.07 Å². The molecule has 3 heterocycles. The minimum absolute atomic E-state index is 0.0866. The third-order valence-corrected chi connectivity index (χ3v) is 5.42. The highest BCUT2D eigenvalue weighted by Crippen LogP contribution is 2.33. The van der Waals surface area contributed by atoms with Gasteiger partial charge in [-0.15, -0.1) is 0 Å². The second-order valence-corrected chi connectivity index (χ2v) is 7.49. The molecule has 25 heavy (non-hydrogen) atoms. The molecule has 3 fully saturated rings. The van der Waals surface area contributed by atoms with Crippen molar-refractivity contribution < 1.29 is 22.8 Å². The van der Waals surface area contributed by atoms with Gasteiger partial charge in [-0.05, 0) is 42.7 Å². The summed E-state index contributed by atoms with van der Waals surface area (Å²) in [6.45, 7) is 1.35. The summed E-state index contributed by atoms with van der Waals surface area (Å²) in [6.07, 6.45) is 1.62. The Morgan fingerprint density at radius 3 is 2.48 bits per heavy atom. The first kappa shape index (κ1) is 18.1. The number of benzene rings is 1. The van der Waals surface area contributed by atoms with Crippen LogP contribution in [0, 0.1) is 5.92 Å². The summed E-state index contributed by atoms with van der Waals surface area (Å²) in [6, 6.07) is 8.72. The summed E-state index contributed by atoms with van der Waals surface area (Å²) in [5.41, 5.74) is -3.81. The van der Waals surface area contributed by atoms with Crippen molar-refractivity contribution in [2.75, 3.05) is 25.4 Å². The van der Waals surface area contributed by atoms with Crippen molar-refractivity contribution >= 4 is 23.6 Å². The molecule has 1 aromatic carbocycles. The van der Waals surface area contributed by atoms with E-state index >= 15 is 0 Å². The van der Waals surface area contributed by atoms with Crippen molar-refractivity contribution in [3.63, 3.8) is 0 Å². The van der Waals surface area contributed by atoms with Crippen LogP contribution in [0.5, 0.6) is 0 Å². The van der Waals surface area contributed by atoms with Crippen molar-refractivity contribution in [3.8, 4) is 0 Å². The van der Waals surface area contributed by atoms with Gasteiger partial charge in [-0.25, -0.2) is 0 Å². The molecule has 8 heteroatoms. The number of thioether (sulfide) groups is 1. The zero-order valence-electron chi connectivity index (χ0n) is 13.5. The van der Waals surface area contributed by atoms with Crippen molar-refractivity contribution in [3.05, 3.63) is 35.9 Å². The van der Waals surface area contributed by atoms with E-state index in [1.54, 1.807) is 34.1 Å². The van der Waals surface area contributed by atoms with Crippen LogP contribution in [0.1, 0.15) is 23.2 Å². The lowest BCUT2D eigenvalue weighted by atomic mass is 9.95. The Labute approximate surface area is 148 Å². The molecule has 136 valence electrons. The summed E-state index contributed by atoms with van der Waals surface area (Å²) >= 11 is -0.298. The summed E-state index contributed by atoms with van der Waals surface area (Å²) < 4.78 is 37.0. The SMILES string of the molecule is O=C(c1ccccc1)N1C[C@@H]2CC[C@H](C1)N(C(=O)CSC(F)(F)F)C2. The first-order valence-electron chi connectivity index (χ1n) is 8.18. The van der Waals surface area contributed by atoms with Gasteiger partial charge >= 0.3 is 5.51 Å². The zero-order valence-corrected chi connectivity index (χ0v) is 14.4. The maximum atomic E-state index is 12.7. The fourth-order valence-corrected chi connectivity index (χ4v) is 4.00. The quantitative estimate of drug-likeness (QED) is 0.819. The number of amides is 2. The minimum atomic E-state index is -4.41. The monoisotopic (exact) mass is 372 g/mol. The molecule has 0 unspecified atom stereocenters. The third kappa shape index (κ3) is 4.48. The number of carbonyl (C=O) groups is 2. The maximum absolute atomic E-state index is 12.7. The molecule has 3 saturated heterocycles. The normalized spacial score (nSPS) is 23.5. The molecule has 0 N–H and O–H groups in total. The van der Waals surface area contributed by atoms with Crippen LogP contribution < -0.4 is 0 Å². The van der Waals surface area contributed by atoms with Gasteiger partial charge in [0.25, 0.3) is 5.91 Å². The van der Waals surface area contributed by atoms with Crippen LogP contribution in [-0.4, -0.2) is 58.6 Å². The molecule has 1 aromatic rings. The maximum Gasteiger partial charge on any atom is 0.442 e. The topological polar surface area (TPSA) is 40.6 Å². The number of nitrogens with zero attached hydrogens (tertiary/aromatic N) is 2. The third-order valence-electron chi connectivity index (χ3n) is 4.70. The highest BCUT2D eigenvalue weighted by Gasteiger charge is 2.39. The van der Waals surface area contributed by atoms with E-state index in [4.69, 9.17) is 0 Å². The van der Waals surface area contributed by atoms with Gasteiger partial charge in [0.05, 0.1) is 5.75 Å². The largest absolute Gasteiger partial charge is 0.442 e. The van der Waals surface area contributed by atoms with Crippen LogP contribution in [0.3, 0.4) is 0 Å². The molecule has 0 saturated carbocycles. The lowest BCUT2D eigenvalue weighted by molar-refractivity contribution is -0.132. The lowest BCUT2D eigenvalue weighted by Crippen LogP contribution is -2.48. The van der Waals surface area contributed by atoms with Crippen LogP contribution in [0.25, 0.3) is 0 Å². The van der Waals surface area contributed by atoms with Crippen molar-refractivity contribution in [1.82, 2.24) is 9.80 Å². The molecule has 0 aliphatic carbocycles. The van der Waals surface area contributed by atoms with Crippen LogP contribution >= 0.6 is 11.8 Å². The van der Waals surface area contributed by atoms with E-state index < -0.39 is 17.2 Å². The first-order chi connectivity index (χ1) is 11.8. The Balaban J connectivity index is 1.68. The standard InChI is InChI=1S/C17H19F3N2O2S/c18-17(19,20)25-11-15(23)22-9-12-6-7-14(22)10-21(8-12)16(24)13-4-2-1-3-5-13/h1-5,12,14H,6-11H2/t12-,14+/m0/s1. The van der Waals surface area contributed by atoms with E-state index in [0.717, 1.165) is 12.8 Å². The van der Waals surface area contributed by atoms with Gasteiger partial charge in [0.1, 0.15) is 0 Å². The fourth-order valence-electron chi connectivity index (χ4n) is 3.54. The van der Waals surface area contributed by atoms with Crippen LogP contribution in [0.15, 0.2) is 30.3 Å². The fraction of sp³-hybridized carbons (Fsp3) is 0.529. The Bertz CT molecular complexity index is 639. The summed E-state index contributed by atoms with van der Waals surface area (Å²) in [5.74, 6) is -1.06. The molecule has 0 spiro atoms. The van der Waals surface area contributed by atoms with Crippen molar-refractivity contribution in [1.29, 1.82) is 0 Å². The molecule has 3 aliphatic rings. The molecule has 0 radical (unpaired) electrons. The highest BCUT2D eigenvalue weighted by atomic mass is 32.2. The summed E-state index contributed by atoms with van der Waals surface area (Å²) in [7, 11) is 0. The molecule has 3 aliphatic heterocycles. The Hall–Kier alpha value is -1.70. The number of carbonyl (C=O) groups excluding carboxylic acids is 2. The average molecular weight is 372 g/mol. The number of hydrogen-bond donors (Lipinski definition) is 0. The number of hydrogen-bond acceptors (Lipinski definition) is 3. The average Bonchev–Trinajstić information content (AvgIpc) is 2.91. The second kappa shape index (κ2) is 7.27. The van der Waals surface area contributed by atoms with Crippen LogP contribution in [0.2, 0.25) is 0 Å². The molecule has 2 atom stereocenters. The second-order valence-electron chi connectivity index (χ2n) is 6.45. The Kier molecular flexibility index (Phi) is 5.27. The van der Waals surface area contributed by atoms with Crippen LogP contribution in [0.4, 0.5) is 13.2 Å². The van der Waals surface area contributed by atoms with Gasteiger partial charge < -0.3 is 9.80 Å². The molecule has 2 bridgehead atoms. The van der Waals surface area contributed by atoms with Gasteiger partial charge in [0.15, 0.2) is 0 Å². The number of halogens is 3. The summed E-state index contributed by atoms with van der Waals surface area (Å²) in [5, 5.41) is 0. The predicted octanol–water partition coefficient (Wildman–Crippen LogP) is 3.00. The van der Waals surface area contributed by atoms with Gasteiger partial charge in [-0.2, -0.15) is 13.2 Å². The number of fused-ring (bicyclic) bond motifs is 4. The Morgan fingerprint density at radius 1 is 1.08 bits per heavy atom. The van der Waals surface area contributed by atoms with Gasteiger partial charge in [0.2, 0.25) is 5.91 Å². The van der Waals surface area contributed by atoms with Gasteiger partial charge in [-0.1, -0.05) is 18.2 Å². The minimum Gasteiger partial charge on any atom is -0.337 e. The number of piperidine rings is 1. The first-order valence-corrected chi connectivity index (χ1v) is 9.16. The van der Waals surface area contributed by atoms with E-state index in [9.17, 15) is 22.8 Å². The molecule has 4 nitrogen and oxygen atoms in total.